The molecular formula is C17H25NO5. The van der Waals surface area contributed by atoms with Gasteiger partial charge in [-0.2, -0.15) is 0 Å². The number of hydrogen-bond donors (Lipinski definition) is 2. The molecule has 0 bridgehead atoms. The van der Waals surface area contributed by atoms with Crippen LogP contribution in [0.1, 0.15) is 46.0 Å². The summed E-state index contributed by atoms with van der Waals surface area (Å²) in [6.07, 6.45) is 6.99. The second-order valence-electron chi connectivity index (χ2n) is 5.52. The number of nitrogens with one attached hydrogen (secondary N) is 1. The summed E-state index contributed by atoms with van der Waals surface area (Å²) in [6, 6.07) is 0. The summed E-state index contributed by atoms with van der Waals surface area (Å²) < 4.78 is 5.60. The first kappa shape index (κ1) is 19.1. The van der Waals surface area contributed by atoms with Crippen molar-refractivity contribution in [1.82, 2.24) is 5.32 Å². The third-order valence-electron chi connectivity index (χ3n) is 3.49. The van der Waals surface area contributed by atoms with Crippen molar-refractivity contribution in [3.8, 4) is 0 Å². The van der Waals surface area contributed by atoms with E-state index in [1.165, 1.54) is 0 Å². The summed E-state index contributed by atoms with van der Waals surface area (Å²) >= 11 is 0. The van der Waals surface area contributed by atoms with Gasteiger partial charge in [0.15, 0.2) is 11.5 Å². The molecule has 6 heteroatoms. The summed E-state index contributed by atoms with van der Waals surface area (Å²) in [5, 5.41) is 11.1. The average molecular weight is 323 g/mol. The van der Waals surface area contributed by atoms with Crippen molar-refractivity contribution in [1.29, 1.82) is 0 Å². The summed E-state index contributed by atoms with van der Waals surface area (Å²) in [5.41, 5.74) is -0.286. The molecule has 1 amide bonds. The van der Waals surface area contributed by atoms with E-state index in [0.717, 1.165) is 44.3 Å². The van der Waals surface area contributed by atoms with Crippen LogP contribution in [0.5, 0.6) is 0 Å². The van der Waals surface area contributed by atoms with Crippen LogP contribution in [0.4, 0.5) is 0 Å². The van der Waals surface area contributed by atoms with Crippen molar-refractivity contribution in [2.45, 2.75) is 52.1 Å². The van der Waals surface area contributed by atoms with Gasteiger partial charge in [0.1, 0.15) is 5.57 Å². The number of ketones is 2. The fourth-order valence-electron chi connectivity index (χ4n) is 2.25. The number of unbranched alkanes of at least 4 members (excludes halogenated alkanes) is 3. The first-order valence-corrected chi connectivity index (χ1v) is 8.08. The first-order valence-electron chi connectivity index (χ1n) is 8.08. The number of rotatable bonds is 10. The van der Waals surface area contributed by atoms with Crippen molar-refractivity contribution in [2.75, 3.05) is 13.2 Å². The van der Waals surface area contributed by atoms with E-state index >= 15 is 0 Å². The van der Waals surface area contributed by atoms with Crippen molar-refractivity contribution < 1.29 is 24.2 Å². The lowest BCUT2D eigenvalue weighted by Crippen LogP contribution is -2.34. The summed E-state index contributed by atoms with van der Waals surface area (Å²) in [4.78, 5) is 36.0. The molecule has 0 spiro atoms. The molecule has 0 aromatic heterocycles. The predicted molar refractivity (Wildman–Crippen MR) is 85.6 cm³/mol. The van der Waals surface area contributed by atoms with Crippen LogP contribution >= 0.6 is 0 Å². The minimum absolute atomic E-state index is 0.00731. The quantitative estimate of drug-likeness (QED) is 0.360. The summed E-state index contributed by atoms with van der Waals surface area (Å²) in [5.74, 6) is -1.95. The van der Waals surface area contributed by atoms with Gasteiger partial charge in [0.25, 0.3) is 5.91 Å². The van der Waals surface area contributed by atoms with Crippen molar-refractivity contribution in [3.05, 3.63) is 23.5 Å². The third kappa shape index (κ3) is 5.98. The molecule has 0 heterocycles. The van der Waals surface area contributed by atoms with Gasteiger partial charge in [-0.05, 0) is 31.9 Å². The minimum Gasteiger partial charge on any atom is -0.486 e. The smallest absolute Gasteiger partial charge is 0.259 e. The summed E-state index contributed by atoms with van der Waals surface area (Å²) in [7, 11) is 0. The van der Waals surface area contributed by atoms with Crippen molar-refractivity contribution >= 4 is 17.5 Å². The van der Waals surface area contributed by atoms with Gasteiger partial charge in [-0.15, -0.1) is 0 Å². The van der Waals surface area contributed by atoms with Crippen LogP contribution in [-0.4, -0.2) is 41.8 Å². The Labute approximate surface area is 136 Å². The monoisotopic (exact) mass is 323 g/mol. The van der Waals surface area contributed by atoms with E-state index in [0.29, 0.717) is 0 Å². The Morgan fingerprint density at radius 2 is 1.91 bits per heavy atom. The normalized spacial score (nSPS) is 15.8. The van der Waals surface area contributed by atoms with E-state index < -0.39 is 17.5 Å². The van der Waals surface area contributed by atoms with Crippen molar-refractivity contribution in [2.24, 2.45) is 0 Å². The highest BCUT2D eigenvalue weighted by Crippen LogP contribution is 2.20. The molecule has 1 aliphatic rings. The molecule has 0 aromatic carbocycles. The zero-order chi connectivity index (χ0) is 17.2. The maximum atomic E-state index is 12.0. The molecule has 1 aliphatic carbocycles. The molecule has 0 aromatic rings. The molecule has 0 fully saturated rings. The SMILES string of the molecule is CCCCCCC(C)OC1=C(C(=O)NCCO)C(=O)C=CC1=O. The zero-order valence-electron chi connectivity index (χ0n) is 13.8. The Bertz CT molecular complexity index is 507. The highest BCUT2D eigenvalue weighted by Gasteiger charge is 2.30. The van der Waals surface area contributed by atoms with E-state index in [1.807, 2.05) is 6.92 Å². The fraction of sp³-hybridized carbons (Fsp3) is 0.588. The molecule has 0 radical (unpaired) electrons. The van der Waals surface area contributed by atoms with Crippen molar-refractivity contribution in [3.63, 3.8) is 0 Å². The van der Waals surface area contributed by atoms with E-state index in [-0.39, 0.29) is 30.6 Å². The highest BCUT2D eigenvalue weighted by atomic mass is 16.5. The van der Waals surface area contributed by atoms with Crippen LogP contribution in [-0.2, 0) is 19.1 Å². The van der Waals surface area contributed by atoms with Crippen LogP contribution in [0.2, 0.25) is 0 Å². The van der Waals surface area contributed by atoms with Crippen LogP contribution in [0, 0.1) is 0 Å². The van der Waals surface area contributed by atoms with Gasteiger partial charge >= 0.3 is 0 Å². The van der Waals surface area contributed by atoms with Gasteiger partial charge in [0, 0.05) is 6.54 Å². The number of hydrogen-bond acceptors (Lipinski definition) is 5. The number of aliphatic hydroxyl groups excluding tert-OH is 1. The molecule has 0 saturated heterocycles. The van der Waals surface area contributed by atoms with Gasteiger partial charge in [0.2, 0.25) is 5.78 Å². The third-order valence-corrected chi connectivity index (χ3v) is 3.49. The molecule has 1 unspecified atom stereocenters. The van der Waals surface area contributed by atoms with Gasteiger partial charge in [0.05, 0.1) is 12.7 Å². The van der Waals surface area contributed by atoms with E-state index in [9.17, 15) is 14.4 Å². The van der Waals surface area contributed by atoms with Crippen LogP contribution in [0.3, 0.4) is 0 Å². The first-order chi connectivity index (χ1) is 11.0. The Kier molecular flexibility index (Phi) is 8.26. The molecular weight excluding hydrogens is 298 g/mol. The molecule has 2 N–H and O–H groups in total. The number of allylic oxidation sites excluding steroid dienone is 2. The lowest BCUT2D eigenvalue weighted by Gasteiger charge is -2.20. The lowest BCUT2D eigenvalue weighted by atomic mass is 10.0. The number of amides is 1. The summed E-state index contributed by atoms with van der Waals surface area (Å²) in [6.45, 7) is 3.70. The van der Waals surface area contributed by atoms with Crippen LogP contribution in [0.25, 0.3) is 0 Å². The van der Waals surface area contributed by atoms with Gasteiger partial charge in [-0.25, -0.2) is 0 Å². The minimum atomic E-state index is -0.699. The van der Waals surface area contributed by atoms with Gasteiger partial charge in [-0.3, -0.25) is 14.4 Å². The fourth-order valence-corrected chi connectivity index (χ4v) is 2.25. The Balaban J connectivity index is 2.79. The topological polar surface area (TPSA) is 92.7 Å². The highest BCUT2D eigenvalue weighted by molar-refractivity contribution is 6.31. The lowest BCUT2D eigenvalue weighted by molar-refractivity contribution is -0.124. The Hall–Kier alpha value is -1.95. The van der Waals surface area contributed by atoms with E-state index in [4.69, 9.17) is 9.84 Å². The molecule has 0 aliphatic heterocycles. The molecule has 0 saturated carbocycles. The largest absolute Gasteiger partial charge is 0.486 e. The number of carbonyl (C=O) groups is 3. The predicted octanol–water partition coefficient (Wildman–Crippen LogP) is 1.43. The molecule has 128 valence electrons. The number of aliphatic hydroxyl groups is 1. The second-order valence-corrected chi connectivity index (χ2v) is 5.52. The molecule has 6 nitrogen and oxygen atoms in total. The van der Waals surface area contributed by atoms with Crippen LogP contribution in [0.15, 0.2) is 23.5 Å². The molecule has 1 atom stereocenters. The van der Waals surface area contributed by atoms with Gasteiger partial charge < -0.3 is 15.2 Å². The van der Waals surface area contributed by atoms with Crippen LogP contribution < -0.4 is 5.32 Å². The Morgan fingerprint density at radius 1 is 1.22 bits per heavy atom. The second kappa shape index (κ2) is 9.94. The zero-order valence-corrected chi connectivity index (χ0v) is 13.8. The molecule has 23 heavy (non-hydrogen) atoms. The Morgan fingerprint density at radius 3 is 2.57 bits per heavy atom. The standard InChI is InChI=1S/C17H25NO5/c1-3-4-5-6-7-12(2)23-16-14(21)9-8-13(20)15(16)17(22)18-10-11-19/h8-9,12,19H,3-7,10-11H2,1-2H3,(H,18,22). The van der Waals surface area contributed by atoms with E-state index in [1.54, 1.807) is 0 Å². The van der Waals surface area contributed by atoms with Gasteiger partial charge in [-0.1, -0.05) is 26.2 Å². The number of carbonyl (C=O) groups excluding carboxylic acids is 3. The number of ether oxygens (including phenoxy) is 1. The average Bonchev–Trinajstić information content (AvgIpc) is 2.53. The maximum Gasteiger partial charge on any atom is 0.259 e. The van der Waals surface area contributed by atoms with E-state index in [2.05, 4.69) is 12.2 Å². The maximum absolute atomic E-state index is 12.0. The molecule has 1 rings (SSSR count).